The van der Waals surface area contributed by atoms with Crippen molar-refractivity contribution >= 4 is 23.9 Å². The van der Waals surface area contributed by atoms with Crippen LogP contribution in [0.4, 0.5) is 0 Å². The predicted octanol–water partition coefficient (Wildman–Crippen LogP) is 0.898. The van der Waals surface area contributed by atoms with Crippen molar-refractivity contribution in [3.63, 3.8) is 0 Å². The normalized spacial score (nSPS) is 10.0. The van der Waals surface area contributed by atoms with Gasteiger partial charge in [-0.25, -0.2) is 0 Å². The zero-order valence-corrected chi connectivity index (χ0v) is 19.5. The van der Waals surface area contributed by atoms with Gasteiger partial charge in [0.2, 0.25) is 0 Å². The molecule has 0 atom stereocenters. The van der Waals surface area contributed by atoms with Crippen molar-refractivity contribution in [2.24, 2.45) is 0 Å². The zero-order valence-electron chi connectivity index (χ0n) is 14.0. The molecule has 9 heteroatoms. The van der Waals surface area contributed by atoms with E-state index in [0.29, 0.717) is 0 Å². The average Bonchev–Trinajstić information content (AvgIpc) is 2.48. The fraction of sp³-hybridized carbons (Fsp3) is 0.714. The molecule has 0 spiro atoms. The van der Waals surface area contributed by atoms with Crippen LogP contribution in [0, 0.1) is 0 Å². The number of ether oxygens (including phenoxy) is 4. The van der Waals surface area contributed by atoms with Gasteiger partial charge in [0.15, 0.2) is 0 Å². The van der Waals surface area contributed by atoms with Crippen molar-refractivity contribution < 1.29 is 62.7 Å². The molecule has 0 radical (unpaired) electrons. The van der Waals surface area contributed by atoms with E-state index in [-0.39, 0.29) is 26.4 Å². The van der Waals surface area contributed by atoms with Crippen molar-refractivity contribution in [3.05, 3.63) is 0 Å². The van der Waals surface area contributed by atoms with E-state index in [9.17, 15) is 19.2 Å². The first-order valence-corrected chi connectivity index (χ1v) is 13.9. The van der Waals surface area contributed by atoms with Gasteiger partial charge in [0.25, 0.3) is 0 Å². The van der Waals surface area contributed by atoms with E-state index in [1.54, 1.807) is 27.7 Å². The second-order valence-corrected chi connectivity index (χ2v) is 12.5. The van der Waals surface area contributed by atoms with E-state index in [2.05, 4.69) is 0 Å². The molecule has 0 aliphatic rings. The van der Waals surface area contributed by atoms with Crippen LogP contribution in [0.3, 0.4) is 0 Å². The molecule has 0 aliphatic heterocycles. The van der Waals surface area contributed by atoms with Crippen molar-refractivity contribution in [1.82, 2.24) is 0 Å². The molecule has 0 bridgehead atoms. The molecule has 128 valence electrons. The zero-order chi connectivity index (χ0) is 17.8. The molecule has 0 saturated heterocycles. The van der Waals surface area contributed by atoms with Gasteiger partial charge < -0.3 is 0 Å². The average molecular weight is 519 g/mol. The van der Waals surface area contributed by atoms with Gasteiger partial charge in [-0.3, -0.25) is 0 Å². The molecule has 0 heterocycles. The van der Waals surface area contributed by atoms with Crippen LogP contribution >= 0.6 is 0 Å². The summed E-state index contributed by atoms with van der Waals surface area (Å²) in [7, 11) is 0. The molecule has 0 aromatic heterocycles. The summed E-state index contributed by atoms with van der Waals surface area (Å²) in [6, 6.07) is 0. The SMILES string of the molecule is CCOC(=O)[CH]([Hg][CH](C(=O)OCC)C(=O)OCC)C(=O)OCC. The van der Waals surface area contributed by atoms with E-state index >= 15 is 0 Å². The molecule has 0 aromatic rings. The second-order valence-electron chi connectivity index (χ2n) is 4.35. The van der Waals surface area contributed by atoms with E-state index in [0.717, 1.165) is 0 Å². The summed E-state index contributed by atoms with van der Waals surface area (Å²) in [6.07, 6.45) is 0. The van der Waals surface area contributed by atoms with E-state index in [1.807, 2.05) is 0 Å². The maximum absolute atomic E-state index is 12.0. The van der Waals surface area contributed by atoms with Gasteiger partial charge in [-0.15, -0.1) is 0 Å². The summed E-state index contributed by atoms with van der Waals surface area (Å²) < 4.78 is 17.1. The van der Waals surface area contributed by atoms with Crippen molar-refractivity contribution in [1.29, 1.82) is 0 Å². The Kier molecular flexibility index (Phi) is 11.6. The second kappa shape index (κ2) is 12.3. The summed E-state index contributed by atoms with van der Waals surface area (Å²) in [5, 5.41) is 0. The van der Waals surface area contributed by atoms with E-state index < -0.39 is 55.3 Å². The third kappa shape index (κ3) is 7.76. The molecule has 0 fully saturated rings. The van der Waals surface area contributed by atoms with Crippen LogP contribution in [0.1, 0.15) is 27.7 Å². The molecule has 23 heavy (non-hydrogen) atoms. The topological polar surface area (TPSA) is 105 Å². The number of carbonyl (C=O) groups excluding carboxylic acids is 4. The summed E-state index contributed by atoms with van der Waals surface area (Å²) in [5.74, 6) is -3.03. The van der Waals surface area contributed by atoms with Crippen molar-refractivity contribution in [3.8, 4) is 0 Å². The first kappa shape index (κ1) is 21.8. The number of carbonyl (C=O) groups is 4. The van der Waals surface area contributed by atoms with Crippen LogP contribution < -0.4 is 0 Å². The van der Waals surface area contributed by atoms with Crippen LogP contribution in [0.5, 0.6) is 0 Å². The van der Waals surface area contributed by atoms with Crippen LogP contribution in [0.25, 0.3) is 0 Å². The molecule has 0 unspecified atom stereocenters. The number of rotatable bonds is 10. The predicted molar refractivity (Wildman–Crippen MR) is 74.0 cm³/mol. The molecule has 0 rings (SSSR count). The minimum absolute atomic E-state index is 0.0893. The molecule has 0 aliphatic carbocycles. The molecule has 8 nitrogen and oxygen atoms in total. The van der Waals surface area contributed by atoms with Gasteiger partial charge in [0, 0.05) is 0 Å². The van der Waals surface area contributed by atoms with Crippen LogP contribution in [0.15, 0.2) is 0 Å². The monoisotopic (exact) mass is 520 g/mol. The van der Waals surface area contributed by atoms with Gasteiger partial charge in [-0.2, -0.15) is 0 Å². The molecule has 0 saturated carbocycles. The minimum atomic E-state index is -2.84. The van der Waals surface area contributed by atoms with Crippen LogP contribution in [-0.2, 0) is 62.7 Å². The molecular formula is C14H22HgO8. The molecule has 0 aromatic carbocycles. The van der Waals surface area contributed by atoms with Gasteiger partial charge >= 0.3 is 148 Å². The van der Waals surface area contributed by atoms with Crippen LogP contribution in [0.2, 0.25) is 6.85 Å². The maximum atomic E-state index is 12.0. The number of esters is 4. The van der Waals surface area contributed by atoms with Gasteiger partial charge in [-0.05, 0) is 0 Å². The van der Waals surface area contributed by atoms with Gasteiger partial charge in [0.1, 0.15) is 0 Å². The number of hydrogen-bond acceptors (Lipinski definition) is 8. The van der Waals surface area contributed by atoms with Crippen LogP contribution in [-0.4, -0.2) is 50.3 Å². The van der Waals surface area contributed by atoms with E-state index in [4.69, 9.17) is 18.9 Å². The number of hydrogen-bond donors (Lipinski definition) is 0. The summed E-state index contributed by atoms with van der Waals surface area (Å²) in [4.78, 5) is 47.9. The summed E-state index contributed by atoms with van der Waals surface area (Å²) in [5.41, 5.74) is 0. The Bertz CT molecular complexity index is 349. The van der Waals surface area contributed by atoms with Gasteiger partial charge in [0.05, 0.1) is 0 Å². The Labute approximate surface area is 147 Å². The van der Waals surface area contributed by atoms with Crippen molar-refractivity contribution in [2.45, 2.75) is 34.5 Å². The standard InChI is InChI=1S/2C7H11O4.Hg/c2*1-3-10-6(8)5-7(9)11-4-2;/h2*5H,3-4H2,1-2H3;. The quantitative estimate of drug-likeness (QED) is 0.182. The first-order chi connectivity index (χ1) is 10.9. The third-order valence-corrected chi connectivity index (χ3v) is 11.6. The Morgan fingerprint density at radius 2 is 0.826 bits per heavy atom. The fourth-order valence-corrected chi connectivity index (χ4v) is 8.44. The Morgan fingerprint density at radius 1 is 0.609 bits per heavy atom. The fourth-order valence-electron chi connectivity index (χ4n) is 1.78. The Morgan fingerprint density at radius 3 is 1.00 bits per heavy atom. The molecule has 0 N–H and O–H groups in total. The Hall–Kier alpha value is -1.18. The molecular weight excluding hydrogens is 497 g/mol. The van der Waals surface area contributed by atoms with Crippen molar-refractivity contribution in [2.75, 3.05) is 26.4 Å². The summed E-state index contributed by atoms with van der Waals surface area (Å²) >= 11 is -2.84. The van der Waals surface area contributed by atoms with E-state index in [1.165, 1.54) is 0 Å². The first-order valence-electron chi connectivity index (χ1n) is 7.59. The Balaban J connectivity index is 5.30. The summed E-state index contributed by atoms with van der Waals surface area (Å²) in [6.45, 7) is 6.77. The van der Waals surface area contributed by atoms with Gasteiger partial charge in [-0.1, -0.05) is 0 Å². The third-order valence-electron chi connectivity index (χ3n) is 2.76. The molecule has 0 amide bonds.